The molecule has 0 saturated heterocycles. The van der Waals surface area contributed by atoms with E-state index in [1.165, 1.54) is 34.4 Å². The number of thiazole rings is 1. The van der Waals surface area contributed by atoms with E-state index in [4.69, 9.17) is 23.2 Å². The minimum atomic E-state index is -0.460. The van der Waals surface area contributed by atoms with Crippen molar-refractivity contribution in [3.8, 4) is 11.3 Å². The van der Waals surface area contributed by atoms with Gasteiger partial charge in [-0.25, -0.2) is 4.98 Å². The smallest absolute Gasteiger partial charge is 0.272 e. The van der Waals surface area contributed by atoms with E-state index >= 15 is 0 Å². The van der Waals surface area contributed by atoms with Gasteiger partial charge in [-0.2, -0.15) is 0 Å². The molecule has 1 atom stereocenters. The van der Waals surface area contributed by atoms with Gasteiger partial charge in [-0.3, -0.25) is 14.4 Å². The second-order valence-corrected chi connectivity index (χ2v) is 13.4. The zero-order valence-corrected chi connectivity index (χ0v) is 27.0. The zero-order chi connectivity index (χ0) is 31.1. The Bertz CT molecular complexity index is 1810. The molecule has 2 aromatic heterocycles. The van der Waals surface area contributed by atoms with Crippen LogP contribution in [0.3, 0.4) is 0 Å². The predicted octanol–water partition coefficient (Wildman–Crippen LogP) is 8.71. The lowest BCUT2D eigenvalue weighted by Crippen LogP contribution is -2.30. The summed E-state index contributed by atoms with van der Waals surface area (Å²) in [6, 6.07) is 24.7. The first kappa shape index (κ1) is 31.5. The fourth-order valence-corrected chi connectivity index (χ4v) is 6.63. The van der Waals surface area contributed by atoms with Gasteiger partial charge in [0, 0.05) is 37.0 Å². The maximum Gasteiger partial charge on any atom is 0.272 e. The Kier molecular flexibility index (Phi) is 10.5. The number of thiophene rings is 1. The molecule has 0 fully saturated rings. The maximum absolute atomic E-state index is 13.2. The molecule has 0 aliphatic carbocycles. The monoisotopic (exact) mass is 678 g/mol. The van der Waals surface area contributed by atoms with Gasteiger partial charge in [0.15, 0.2) is 5.13 Å². The third-order valence-corrected chi connectivity index (χ3v) is 9.33. The molecule has 44 heavy (non-hydrogen) atoms. The second-order valence-electron chi connectivity index (χ2n) is 9.28. The van der Waals surface area contributed by atoms with Crippen LogP contribution in [0.1, 0.15) is 22.2 Å². The van der Waals surface area contributed by atoms with Crippen molar-refractivity contribution in [2.45, 2.75) is 17.1 Å². The SMILES string of the molecule is CC(Sc1ccc(NC(=O)/C(=C/c2cccs2)NC(=O)c2ccccc2)cc1)C(=O)Nc1nc(-c2ccc(Cl)cc2Cl)cs1. The Labute approximate surface area is 276 Å². The van der Waals surface area contributed by atoms with Crippen LogP contribution in [0.15, 0.2) is 106 Å². The number of hydrogen-bond donors (Lipinski definition) is 3. The van der Waals surface area contributed by atoms with Gasteiger partial charge in [-0.1, -0.05) is 47.5 Å². The molecule has 3 aromatic carbocycles. The van der Waals surface area contributed by atoms with Crippen LogP contribution in [0.2, 0.25) is 10.0 Å². The lowest BCUT2D eigenvalue weighted by Gasteiger charge is -2.13. The number of aromatic nitrogens is 1. The highest BCUT2D eigenvalue weighted by Gasteiger charge is 2.18. The summed E-state index contributed by atoms with van der Waals surface area (Å²) in [6.45, 7) is 1.80. The van der Waals surface area contributed by atoms with Crippen LogP contribution < -0.4 is 16.0 Å². The highest BCUT2D eigenvalue weighted by Crippen LogP contribution is 2.33. The van der Waals surface area contributed by atoms with Crippen molar-refractivity contribution in [1.82, 2.24) is 10.3 Å². The van der Waals surface area contributed by atoms with Gasteiger partial charge in [0.25, 0.3) is 11.8 Å². The summed E-state index contributed by atoms with van der Waals surface area (Å²) >= 11 is 16.4. The van der Waals surface area contributed by atoms with Gasteiger partial charge in [-0.05, 0) is 79.0 Å². The molecule has 0 bridgehead atoms. The standard InChI is InChI=1S/C32H24Cl2N4O3S3/c1-19(29(39)38-32-37-28(18-43-32)25-14-9-21(33)16-26(25)34)44-23-12-10-22(11-13-23)35-31(41)27(17-24-8-5-15-42-24)36-30(40)20-6-3-2-4-7-20/h2-19H,1H3,(H,35,41)(H,36,40)(H,37,38,39)/b27-17-. The highest BCUT2D eigenvalue weighted by molar-refractivity contribution is 8.00. The van der Waals surface area contributed by atoms with Crippen molar-refractivity contribution < 1.29 is 14.4 Å². The third-order valence-electron chi connectivity index (χ3n) is 6.09. The van der Waals surface area contributed by atoms with Gasteiger partial charge in [0.05, 0.1) is 16.0 Å². The minimum Gasteiger partial charge on any atom is -0.321 e. The Hall–Kier alpha value is -3.93. The van der Waals surface area contributed by atoms with Crippen LogP contribution in [-0.4, -0.2) is 28.0 Å². The number of hydrogen-bond acceptors (Lipinski definition) is 7. The summed E-state index contributed by atoms with van der Waals surface area (Å²) in [5.74, 6) is -1.04. The van der Waals surface area contributed by atoms with Gasteiger partial charge < -0.3 is 16.0 Å². The van der Waals surface area contributed by atoms with Gasteiger partial charge in [-0.15, -0.1) is 34.4 Å². The van der Waals surface area contributed by atoms with E-state index in [2.05, 4.69) is 20.9 Å². The van der Waals surface area contributed by atoms with Gasteiger partial charge in [0.2, 0.25) is 5.91 Å². The van der Waals surface area contributed by atoms with Crippen LogP contribution in [-0.2, 0) is 9.59 Å². The van der Waals surface area contributed by atoms with Crippen LogP contribution in [0.25, 0.3) is 17.3 Å². The summed E-state index contributed by atoms with van der Waals surface area (Å²) in [5.41, 5.74) is 2.48. The van der Waals surface area contributed by atoms with E-state index in [9.17, 15) is 14.4 Å². The lowest BCUT2D eigenvalue weighted by atomic mass is 10.2. The average molecular weight is 680 g/mol. The number of benzene rings is 3. The van der Waals surface area contributed by atoms with E-state index < -0.39 is 11.2 Å². The molecule has 5 rings (SSSR count). The van der Waals surface area contributed by atoms with Crippen LogP contribution >= 0.6 is 57.6 Å². The van der Waals surface area contributed by atoms with Crippen molar-refractivity contribution in [1.29, 1.82) is 0 Å². The number of amides is 3. The molecular formula is C32H24Cl2N4O3S3. The Morgan fingerprint density at radius 3 is 2.39 bits per heavy atom. The first-order valence-electron chi connectivity index (χ1n) is 13.2. The first-order chi connectivity index (χ1) is 21.2. The molecule has 7 nitrogen and oxygen atoms in total. The molecule has 12 heteroatoms. The molecule has 0 saturated carbocycles. The normalized spacial score (nSPS) is 11.9. The Balaban J connectivity index is 1.19. The van der Waals surface area contributed by atoms with Crippen molar-refractivity contribution in [3.05, 3.63) is 122 Å². The van der Waals surface area contributed by atoms with E-state index in [1.807, 2.05) is 41.1 Å². The Morgan fingerprint density at radius 1 is 0.909 bits per heavy atom. The number of nitrogens with zero attached hydrogens (tertiary/aromatic N) is 1. The fourth-order valence-electron chi connectivity index (χ4n) is 3.89. The molecule has 0 aliphatic heterocycles. The molecule has 1 unspecified atom stereocenters. The number of halogens is 2. The number of carbonyl (C=O) groups excluding carboxylic acids is 3. The predicted molar refractivity (Wildman–Crippen MR) is 183 cm³/mol. The quantitative estimate of drug-likeness (QED) is 0.101. The fraction of sp³-hybridized carbons (Fsp3) is 0.0625. The topological polar surface area (TPSA) is 100 Å². The van der Waals surface area contributed by atoms with E-state index in [0.29, 0.717) is 32.1 Å². The summed E-state index contributed by atoms with van der Waals surface area (Å²) in [4.78, 5) is 45.0. The summed E-state index contributed by atoms with van der Waals surface area (Å²) in [5, 5.41) is 13.2. The maximum atomic E-state index is 13.2. The molecule has 0 radical (unpaired) electrons. The zero-order valence-electron chi connectivity index (χ0n) is 23.0. The van der Waals surface area contributed by atoms with Crippen LogP contribution in [0.5, 0.6) is 0 Å². The number of rotatable bonds is 10. The number of nitrogens with one attached hydrogen (secondary N) is 3. The third kappa shape index (κ3) is 8.37. The number of thioether (sulfide) groups is 1. The van der Waals surface area contributed by atoms with Crippen LogP contribution in [0, 0.1) is 0 Å². The molecule has 2 heterocycles. The minimum absolute atomic E-state index is 0.119. The molecule has 0 spiro atoms. The summed E-state index contributed by atoms with van der Waals surface area (Å²) < 4.78 is 0. The second kappa shape index (κ2) is 14.7. The number of carbonyl (C=O) groups is 3. The van der Waals surface area contributed by atoms with Crippen molar-refractivity contribution in [2.24, 2.45) is 0 Å². The molecular weight excluding hydrogens is 655 g/mol. The lowest BCUT2D eigenvalue weighted by molar-refractivity contribution is -0.115. The van der Waals surface area contributed by atoms with Crippen molar-refractivity contribution in [3.63, 3.8) is 0 Å². The largest absolute Gasteiger partial charge is 0.321 e. The van der Waals surface area contributed by atoms with E-state index in [0.717, 1.165) is 15.3 Å². The molecule has 0 aliphatic rings. The molecule has 3 N–H and O–H groups in total. The van der Waals surface area contributed by atoms with Crippen molar-refractivity contribution in [2.75, 3.05) is 10.6 Å². The van der Waals surface area contributed by atoms with E-state index in [1.54, 1.807) is 67.6 Å². The summed E-state index contributed by atoms with van der Waals surface area (Å²) in [6.07, 6.45) is 1.64. The summed E-state index contributed by atoms with van der Waals surface area (Å²) in [7, 11) is 0. The molecule has 222 valence electrons. The first-order valence-corrected chi connectivity index (χ1v) is 16.6. The average Bonchev–Trinajstić information content (AvgIpc) is 3.70. The van der Waals surface area contributed by atoms with Crippen molar-refractivity contribution >= 4 is 92.3 Å². The highest BCUT2D eigenvalue weighted by atomic mass is 35.5. The molecule has 3 amide bonds. The van der Waals surface area contributed by atoms with Gasteiger partial charge >= 0.3 is 0 Å². The van der Waals surface area contributed by atoms with Crippen LogP contribution in [0.4, 0.5) is 10.8 Å². The van der Waals surface area contributed by atoms with E-state index in [-0.39, 0.29) is 17.5 Å². The Morgan fingerprint density at radius 2 is 1.68 bits per heavy atom. The van der Waals surface area contributed by atoms with Gasteiger partial charge in [0.1, 0.15) is 5.70 Å². The molecule has 5 aromatic rings. The number of anilines is 2.